The van der Waals surface area contributed by atoms with Crippen LogP contribution >= 0.6 is 0 Å². The lowest BCUT2D eigenvalue weighted by Gasteiger charge is -2.15. The molecule has 4 rings (SSSR count). The number of rotatable bonds is 6. The van der Waals surface area contributed by atoms with Gasteiger partial charge in [-0.3, -0.25) is 9.48 Å². The average molecular weight is 514 g/mol. The van der Waals surface area contributed by atoms with Crippen molar-refractivity contribution in [2.75, 3.05) is 5.32 Å². The van der Waals surface area contributed by atoms with Gasteiger partial charge >= 0.3 is 12.3 Å². The summed E-state index contributed by atoms with van der Waals surface area (Å²) in [5.74, 6) is -2.55. The average Bonchev–Trinajstić information content (AvgIpc) is 3.29. The van der Waals surface area contributed by atoms with Crippen molar-refractivity contribution in [3.63, 3.8) is 0 Å². The number of amides is 2. The number of alkyl halides is 3. The monoisotopic (exact) mass is 514 g/mol. The van der Waals surface area contributed by atoms with E-state index in [1.54, 1.807) is 30.3 Å². The Kier molecular flexibility index (Phi) is 6.87. The Hall–Kier alpha value is -4.81. The maximum atomic E-state index is 14.8. The van der Waals surface area contributed by atoms with Crippen LogP contribution in [0, 0.1) is 5.82 Å². The van der Waals surface area contributed by atoms with E-state index in [9.17, 15) is 27.2 Å². The highest BCUT2D eigenvalue weighted by Gasteiger charge is 2.36. The molecule has 0 saturated heterocycles. The van der Waals surface area contributed by atoms with E-state index in [1.807, 2.05) is 0 Å². The van der Waals surface area contributed by atoms with Crippen LogP contribution in [0.3, 0.4) is 0 Å². The maximum Gasteiger partial charge on any atom is 0.417 e. The van der Waals surface area contributed by atoms with Crippen LogP contribution < -0.4 is 10.6 Å². The Bertz CT molecular complexity index is 1470. The third-order valence-electron chi connectivity index (χ3n) is 5.17. The Morgan fingerprint density at radius 3 is 2.46 bits per heavy atom. The molecule has 2 aromatic carbocycles. The number of carbonyl (C=O) groups is 2. The minimum absolute atomic E-state index is 0.0936. The molecule has 2 amide bonds. The number of nitrogens with zero attached hydrogens (tertiary/aromatic N) is 4. The second-order valence-electron chi connectivity index (χ2n) is 7.79. The molecule has 190 valence electrons. The first-order valence-electron chi connectivity index (χ1n) is 10.6. The van der Waals surface area contributed by atoms with Gasteiger partial charge in [0.1, 0.15) is 11.5 Å². The molecule has 2 aromatic heterocycles. The first-order valence-corrected chi connectivity index (χ1v) is 10.6. The van der Waals surface area contributed by atoms with E-state index >= 15 is 0 Å². The van der Waals surface area contributed by atoms with Crippen molar-refractivity contribution >= 4 is 17.8 Å². The van der Waals surface area contributed by atoms with Crippen molar-refractivity contribution in [3.8, 4) is 22.5 Å². The highest BCUT2D eigenvalue weighted by molar-refractivity contribution is 6.06. The summed E-state index contributed by atoms with van der Waals surface area (Å²) in [6.07, 6.45) is -3.54. The molecule has 0 spiro atoms. The van der Waals surface area contributed by atoms with E-state index in [1.165, 1.54) is 30.2 Å². The summed E-state index contributed by atoms with van der Waals surface area (Å²) in [5.41, 5.74) is -1.61. The van der Waals surface area contributed by atoms with E-state index in [0.717, 1.165) is 6.07 Å². The molecule has 0 saturated carbocycles. The van der Waals surface area contributed by atoms with Gasteiger partial charge in [-0.2, -0.15) is 18.3 Å². The fourth-order valence-corrected chi connectivity index (χ4v) is 3.49. The minimum atomic E-state index is -4.89. The molecule has 0 aliphatic heterocycles. The maximum absolute atomic E-state index is 14.8. The standard InChI is InChI=1S/C24H18F4N6O3/c1-34-8-7-19(33-34)15-9-16(18(25)10-17(15)24(26,27)28)22(35)32-21-20(13-5-3-2-4-6-13)31-14(11-29-21)12-30-23(36)37/h2-11,30H,12H2,1H3,(H,36,37)(H,29,32,35). The van der Waals surface area contributed by atoms with Crippen molar-refractivity contribution in [1.82, 2.24) is 25.1 Å². The number of anilines is 1. The molecule has 13 heteroatoms. The fourth-order valence-electron chi connectivity index (χ4n) is 3.49. The molecule has 0 aliphatic rings. The first-order chi connectivity index (χ1) is 17.5. The largest absolute Gasteiger partial charge is 0.465 e. The molecule has 2 heterocycles. The molecule has 4 aromatic rings. The number of benzene rings is 2. The van der Waals surface area contributed by atoms with Crippen LogP contribution in [0.2, 0.25) is 0 Å². The second-order valence-corrected chi connectivity index (χ2v) is 7.79. The van der Waals surface area contributed by atoms with Gasteiger partial charge in [0.15, 0.2) is 5.82 Å². The van der Waals surface area contributed by atoms with Crippen LogP contribution in [0.1, 0.15) is 21.6 Å². The SMILES string of the molecule is Cn1ccc(-c2cc(C(=O)Nc3ncc(CNC(=O)O)nc3-c3ccccc3)c(F)cc2C(F)(F)F)n1. The van der Waals surface area contributed by atoms with Gasteiger partial charge in [0.05, 0.1) is 35.3 Å². The Balaban J connectivity index is 1.75. The van der Waals surface area contributed by atoms with Crippen molar-refractivity contribution in [3.05, 3.63) is 83.6 Å². The summed E-state index contributed by atoms with van der Waals surface area (Å²) in [6.45, 7) is -0.169. The molecule has 0 bridgehead atoms. The molecule has 0 atom stereocenters. The lowest BCUT2D eigenvalue weighted by atomic mass is 9.99. The van der Waals surface area contributed by atoms with Gasteiger partial charge in [-0.1, -0.05) is 30.3 Å². The van der Waals surface area contributed by atoms with Crippen LogP contribution in [-0.4, -0.2) is 36.9 Å². The molecular weight excluding hydrogens is 496 g/mol. The topological polar surface area (TPSA) is 122 Å². The van der Waals surface area contributed by atoms with Crippen molar-refractivity contribution in [2.45, 2.75) is 12.7 Å². The summed E-state index contributed by atoms with van der Waals surface area (Å²) in [6, 6.07) is 10.8. The van der Waals surface area contributed by atoms with E-state index in [2.05, 4.69) is 25.7 Å². The van der Waals surface area contributed by atoms with Gasteiger partial charge in [0.2, 0.25) is 0 Å². The molecule has 0 aliphatic carbocycles. The zero-order valence-electron chi connectivity index (χ0n) is 19.0. The van der Waals surface area contributed by atoms with Gasteiger partial charge in [-0.15, -0.1) is 0 Å². The summed E-state index contributed by atoms with van der Waals surface area (Å²) >= 11 is 0. The number of aryl methyl sites for hydroxylation is 1. The number of aromatic nitrogens is 4. The third-order valence-corrected chi connectivity index (χ3v) is 5.17. The molecule has 0 radical (unpaired) electrons. The van der Waals surface area contributed by atoms with Crippen LogP contribution in [0.25, 0.3) is 22.5 Å². The highest BCUT2D eigenvalue weighted by atomic mass is 19.4. The van der Waals surface area contributed by atoms with Crippen molar-refractivity contribution < 1.29 is 32.3 Å². The number of hydrogen-bond acceptors (Lipinski definition) is 5. The molecule has 0 unspecified atom stereocenters. The quantitative estimate of drug-likeness (QED) is 0.320. The summed E-state index contributed by atoms with van der Waals surface area (Å²) < 4.78 is 57.0. The predicted molar refractivity (Wildman–Crippen MR) is 124 cm³/mol. The Morgan fingerprint density at radius 2 is 1.84 bits per heavy atom. The highest BCUT2D eigenvalue weighted by Crippen LogP contribution is 2.38. The normalized spacial score (nSPS) is 11.3. The van der Waals surface area contributed by atoms with Crippen LogP contribution in [0.4, 0.5) is 28.2 Å². The number of carboxylic acid groups (broad SMARTS) is 1. The Morgan fingerprint density at radius 1 is 1.11 bits per heavy atom. The van der Waals surface area contributed by atoms with E-state index < -0.39 is 40.7 Å². The van der Waals surface area contributed by atoms with Crippen LogP contribution in [0.5, 0.6) is 0 Å². The van der Waals surface area contributed by atoms with E-state index in [4.69, 9.17) is 5.11 Å². The minimum Gasteiger partial charge on any atom is -0.465 e. The van der Waals surface area contributed by atoms with Gasteiger partial charge in [-0.25, -0.2) is 19.2 Å². The fraction of sp³-hybridized carbons (Fsp3) is 0.125. The molecule has 37 heavy (non-hydrogen) atoms. The first kappa shape index (κ1) is 25.3. The number of halogens is 4. The van der Waals surface area contributed by atoms with Crippen LogP contribution in [0.15, 0.2) is 60.9 Å². The molecule has 0 fully saturated rings. The third kappa shape index (κ3) is 5.72. The van der Waals surface area contributed by atoms with E-state index in [-0.39, 0.29) is 35.5 Å². The summed E-state index contributed by atoms with van der Waals surface area (Å²) in [4.78, 5) is 32.3. The molecule has 3 N–H and O–H groups in total. The van der Waals surface area contributed by atoms with Crippen molar-refractivity contribution in [1.29, 1.82) is 0 Å². The number of hydrogen-bond donors (Lipinski definition) is 3. The predicted octanol–water partition coefficient (Wildman–Crippen LogP) is 4.72. The van der Waals surface area contributed by atoms with Crippen molar-refractivity contribution in [2.24, 2.45) is 7.05 Å². The molecular formula is C24H18F4N6O3. The Labute approximate surface area is 206 Å². The number of carbonyl (C=O) groups excluding carboxylic acids is 1. The summed E-state index contributed by atoms with van der Waals surface area (Å²) in [5, 5.41) is 17.3. The van der Waals surface area contributed by atoms with Gasteiger partial charge in [0, 0.05) is 24.4 Å². The smallest absolute Gasteiger partial charge is 0.417 e. The zero-order chi connectivity index (χ0) is 26.7. The lowest BCUT2D eigenvalue weighted by Crippen LogP contribution is -2.22. The molecule has 9 nitrogen and oxygen atoms in total. The van der Waals surface area contributed by atoms with E-state index in [0.29, 0.717) is 5.56 Å². The lowest BCUT2D eigenvalue weighted by molar-refractivity contribution is -0.137. The van der Waals surface area contributed by atoms with Crippen LogP contribution in [-0.2, 0) is 19.8 Å². The number of nitrogens with one attached hydrogen (secondary N) is 2. The zero-order valence-corrected chi connectivity index (χ0v) is 19.0. The van der Waals surface area contributed by atoms with Gasteiger partial charge < -0.3 is 15.7 Å². The summed E-state index contributed by atoms with van der Waals surface area (Å²) in [7, 11) is 1.51. The van der Waals surface area contributed by atoms with Gasteiger partial charge in [0.25, 0.3) is 5.91 Å². The second kappa shape index (κ2) is 10.0. The van der Waals surface area contributed by atoms with Gasteiger partial charge in [-0.05, 0) is 18.2 Å².